The Labute approximate surface area is 155 Å². The van der Waals surface area contributed by atoms with Crippen molar-refractivity contribution >= 4 is 5.91 Å². The summed E-state index contributed by atoms with van der Waals surface area (Å²) >= 11 is 0. The number of benzene rings is 1. The van der Waals surface area contributed by atoms with Gasteiger partial charge in [-0.3, -0.25) is 9.89 Å². The average molecular weight is 352 g/mol. The zero-order valence-corrected chi connectivity index (χ0v) is 15.6. The second-order valence-electron chi connectivity index (χ2n) is 7.65. The summed E-state index contributed by atoms with van der Waals surface area (Å²) in [5, 5.41) is 7.28. The maximum Gasteiger partial charge on any atom is 0.271 e. The van der Waals surface area contributed by atoms with E-state index in [2.05, 4.69) is 34.2 Å². The van der Waals surface area contributed by atoms with E-state index in [9.17, 15) is 4.79 Å². The summed E-state index contributed by atoms with van der Waals surface area (Å²) in [6.45, 7) is 6.23. The van der Waals surface area contributed by atoms with Crippen molar-refractivity contribution in [3.63, 3.8) is 0 Å². The standard InChI is InChI=1S/C21H28N4O/c1-16-5-7-17(8-6-16)19-15-20(23-22-19)21(26)25-13-9-18(10-14-25)24-11-3-2-4-12-24/h5-8,15,18H,2-4,9-14H2,1H3,(H,22,23). The Morgan fingerprint density at radius 1 is 1.04 bits per heavy atom. The quantitative estimate of drug-likeness (QED) is 0.920. The van der Waals surface area contributed by atoms with Crippen molar-refractivity contribution in [1.82, 2.24) is 20.0 Å². The maximum absolute atomic E-state index is 12.8. The van der Waals surface area contributed by atoms with Crippen molar-refractivity contribution in [2.45, 2.75) is 45.1 Å². The van der Waals surface area contributed by atoms with Gasteiger partial charge in [-0.05, 0) is 51.8 Å². The van der Waals surface area contributed by atoms with Gasteiger partial charge in [-0.2, -0.15) is 5.10 Å². The van der Waals surface area contributed by atoms with E-state index < -0.39 is 0 Å². The molecular weight excluding hydrogens is 324 g/mol. The molecule has 0 radical (unpaired) electrons. The lowest BCUT2D eigenvalue weighted by atomic mass is 9.99. The van der Waals surface area contributed by atoms with E-state index in [4.69, 9.17) is 0 Å². The lowest BCUT2D eigenvalue weighted by Gasteiger charge is -2.40. The number of hydrogen-bond donors (Lipinski definition) is 1. The van der Waals surface area contributed by atoms with E-state index in [-0.39, 0.29) is 5.91 Å². The molecule has 2 fully saturated rings. The lowest BCUT2D eigenvalue weighted by molar-refractivity contribution is 0.0585. The fourth-order valence-electron chi connectivity index (χ4n) is 4.19. The Balaban J connectivity index is 1.37. The highest BCUT2D eigenvalue weighted by molar-refractivity contribution is 5.93. The third kappa shape index (κ3) is 3.68. The summed E-state index contributed by atoms with van der Waals surface area (Å²) in [5.74, 6) is 0.0768. The highest BCUT2D eigenvalue weighted by Gasteiger charge is 2.28. The van der Waals surface area contributed by atoms with Crippen LogP contribution >= 0.6 is 0 Å². The van der Waals surface area contributed by atoms with E-state index >= 15 is 0 Å². The first-order valence-electron chi connectivity index (χ1n) is 9.86. The first kappa shape index (κ1) is 17.3. The number of rotatable bonds is 3. The summed E-state index contributed by atoms with van der Waals surface area (Å²) in [4.78, 5) is 17.4. The van der Waals surface area contributed by atoms with Gasteiger partial charge < -0.3 is 9.80 Å². The number of aromatic amines is 1. The Bertz CT molecular complexity index is 738. The summed E-state index contributed by atoms with van der Waals surface area (Å²) in [5.41, 5.74) is 3.68. The molecule has 1 aromatic carbocycles. The topological polar surface area (TPSA) is 52.2 Å². The SMILES string of the molecule is Cc1ccc(-c2cc(C(=O)N3CCC(N4CCCCC4)CC3)[nH]n2)cc1. The number of aryl methyl sites for hydroxylation is 1. The molecule has 2 aliphatic heterocycles. The van der Waals surface area contributed by atoms with Crippen LogP contribution in [-0.4, -0.2) is 58.1 Å². The van der Waals surface area contributed by atoms with Crippen molar-refractivity contribution in [2.75, 3.05) is 26.2 Å². The molecule has 2 saturated heterocycles. The Morgan fingerprint density at radius 3 is 2.42 bits per heavy atom. The molecular formula is C21H28N4O. The molecule has 5 heteroatoms. The highest BCUT2D eigenvalue weighted by atomic mass is 16.2. The van der Waals surface area contributed by atoms with Crippen molar-refractivity contribution in [3.05, 3.63) is 41.6 Å². The lowest BCUT2D eigenvalue weighted by Crippen LogP contribution is -2.48. The van der Waals surface area contributed by atoms with Crippen LogP contribution in [0, 0.1) is 6.92 Å². The minimum absolute atomic E-state index is 0.0768. The zero-order chi connectivity index (χ0) is 17.9. The minimum Gasteiger partial charge on any atom is -0.337 e. The van der Waals surface area contributed by atoms with Crippen LogP contribution in [0.2, 0.25) is 0 Å². The van der Waals surface area contributed by atoms with Gasteiger partial charge in [0.2, 0.25) is 0 Å². The number of carbonyl (C=O) groups is 1. The molecule has 2 aliphatic rings. The number of hydrogen-bond acceptors (Lipinski definition) is 3. The highest BCUT2D eigenvalue weighted by Crippen LogP contribution is 2.23. The number of nitrogens with one attached hydrogen (secondary N) is 1. The smallest absolute Gasteiger partial charge is 0.271 e. The van der Waals surface area contributed by atoms with Gasteiger partial charge in [0.1, 0.15) is 5.69 Å². The Morgan fingerprint density at radius 2 is 1.73 bits per heavy atom. The Hall–Kier alpha value is -2.14. The molecule has 5 nitrogen and oxygen atoms in total. The molecule has 0 aliphatic carbocycles. The number of likely N-dealkylation sites (tertiary alicyclic amines) is 2. The van der Waals surface area contributed by atoms with Crippen LogP contribution in [0.4, 0.5) is 0 Å². The number of carbonyl (C=O) groups excluding carboxylic acids is 1. The van der Waals surface area contributed by atoms with Crippen molar-refractivity contribution in [1.29, 1.82) is 0 Å². The first-order chi connectivity index (χ1) is 12.7. The second kappa shape index (κ2) is 7.62. The molecule has 1 aromatic heterocycles. The molecule has 4 rings (SSSR count). The molecule has 0 bridgehead atoms. The van der Waals surface area contributed by atoms with Crippen LogP contribution in [0.1, 0.15) is 48.2 Å². The van der Waals surface area contributed by atoms with Crippen LogP contribution in [0.15, 0.2) is 30.3 Å². The van der Waals surface area contributed by atoms with Crippen LogP contribution in [0.3, 0.4) is 0 Å². The molecule has 0 atom stereocenters. The number of aromatic nitrogens is 2. The van der Waals surface area contributed by atoms with Gasteiger partial charge in [-0.1, -0.05) is 36.2 Å². The monoisotopic (exact) mass is 352 g/mol. The van der Waals surface area contributed by atoms with Crippen LogP contribution in [0.5, 0.6) is 0 Å². The molecule has 0 unspecified atom stereocenters. The van der Waals surface area contributed by atoms with Crippen LogP contribution < -0.4 is 0 Å². The van der Waals surface area contributed by atoms with Crippen LogP contribution in [-0.2, 0) is 0 Å². The van der Waals surface area contributed by atoms with Gasteiger partial charge in [-0.15, -0.1) is 0 Å². The molecule has 0 saturated carbocycles. The third-order valence-corrected chi connectivity index (χ3v) is 5.81. The van der Waals surface area contributed by atoms with E-state index in [1.54, 1.807) is 0 Å². The normalized spacial score (nSPS) is 19.7. The number of piperidine rings is 2. The third-order valence-electron chi connectivity index (χ3n) is 5.81. The largest absolute Gasteiger partial charge is 0.337 e. The first-order valence-corrected chi connectivity index (χ1v) is 9.86. The summed E-state index contributed by atoms with van der Waals surface area (Å²) in [6.07, 6.45) is 6.20. The van der Waals surface area contributed by atoms with Gasteiger partial charge in [-0.25, -0.2) is 0 Å². The molecule has 1 N–H and O–H groups in total. The zero-order valence-electron chi connectivity index (χ0n) is 15.6. The second-order valence-corrected chi connectivity index (χ2v) is 7.65. The van der Waals surface area contributed by atoms with E-state index in [0.717, 1.165) is 37.2 Å². The molecule has 1 amide bonds. The van der Waals surface area contributed by atoms with Gasteiger partial charge in [0.05, 0.1) is 5.69 Å². The van der Waals surface area contributed by atoms with Crippen molar-refractivity contribution < 1.29 is 4.79 Å². The number of nitrogens with zero attached hydrogens (tertiary/aromatic N) is 3. The predicted molar refractivity (Wildman–Crippen MR) is 103 cm³/mol. The van der Waals surface area contributed by atoms with Crippen LogP contribution in [0.25, 0.3) is 11.3 Å². The van der Waals surface area contributed by atoms with Gasteiger partial charge in [0.25, 0.3) is 5.91 Å². The fourth-order valence-corrected chi connectivity index (χ4v) is 4.19. The van der Waals surface area contributed by atoms with E-state index in [0.29, 0.717) is 11.7 Å². The maximum atomic E-state index is 12.8. The molecule has 2 aromatic rings. The number of amides is 1. The molecule has 26 heavy (non-hydrogen) atoms. The van der Waals surface area contributed by atoms with Gasteiger partial charge in [0.15, 0.2) is 0 Å². The molecule has 0 spiro atoms. The Kier molecular flexibility index (Phi) is 5.07. The van der Waals surface area contributed by atoms with Crippen molar-refractivity contribution in [3.8, 4) is 11.3 Å². The summed E-state index contributed by atoms with van der Waals surface area (Å²) in [7, 11) is 0. The molecule has 138 valence electrons. The van der Waals surface area contributed by atoms with E-state index in [1.165, 1.54) is 37.9 Å². The minimum atomic E-state index is 0.0768. The van der Waals surface area contributed by atoms with Gasteiger partial charge >= 0.3 is 0 Å². The van der Waals surface area contributed by atoms with E-state index in [1.807, 2.05) is 23.1 Å². The van der Waals surface area contributed by atoms with Crippen molar-refractivity contribution in [2.24, 2.45) is 0 Å². The molecule has 3 heterocycles. The average Bonchev–Trinajstić information content (AvgIpc) is 3.19. The fraction of sp³-hybridized carbons (Fsp3) is 0.524. The summed E-state index contributed by atoms with van der Waals surface area (Å²) < 4.78 is 0. The summed E-state index contributed by atoms with van der Waals surface area (Å²) in [6, 6.07) is 10.8. The predicted octanol–water partition coefficient (Wildman–Crippen LogP) is 3.48. The van der Waals surface area contributed by atoms with Gasteiger partial charge in [0, 0.05) is 24.7 Å². The number of H-pyrrole nitrogens is 1.